The van der Waals surface area contributed by atoms with E-state index < -0.39 is 11.7 Å². The summed E-state index contributed by atoms with van der Waals surface area (Å²) < 4.78 is 18.8. The first-order valence-corrected chi connectivity index (χ1v) is 5.63. The zero-order chi connectivity index (χ0) is 12.3. The van der Waals surface area contributed by atoms with Gasteiger partial charge in [0.1, 0.15) is 17.7 Å². The van der Waals surface area contributed by atoms with Gasteiger partial charge in [-0.1, -0.05) is 0 Å². The van der Waals surface area contributed by atoms with Gasteiger partial charge in [0.05, 0.1) is 5.56 Å². The second-order valence-corrected chi connectivity index (χ2v) is 4.07. The van der Waals surface area contributed by atoms with Crippen molar-refractivity contribution in [3.63, 3.8) is 0 Å². The molecule has 1 saturated heterocycles. The minimum Gasteiger partial charge on any atom is -0.489 e. The van der Waals surface area contributed by atoms with E-state index in [2.05, 4.69) is 5.32 Å². The van der Waals surface area contributed by atoms with Gasteiger partial charge in [-0.15, -0.1) is 0 Å². The standard InChI is InChI=1S/C12H15FN2O2/c13-8-1-2-10(12(14)16)11(7-8)17-9-3-5-15-6-4-9/h1-2,7,9,15H,3-6H2,(H2,14,16). The lowest BCUT2D eigenvalue weighted by Crippen LogP contribution is -2.34. The molecule has 4 nitrogen and oxygen atoms in total. The van der Waals surface area contributed by atoms with E-state index in [1.165, 1.54) is 18.2 Å². The maximum absolute atomic E-state index is 13.1. The van der Waals surface area contributed by atoms with Crippen LogP contribution in [0.4, 0.5) is 4.39 Å². The van der Waals surface area contributed by atoms with Crippen LogP contribution < -0.4 is 15.8 Å². The Kier molecular flexibility index (Phi) is 3.58. The van der Waals surface area contributed by atoms with E-state index in [1.807, 2.05) is 0 Å². The predicted octanol–water partition coefficient (Wildman–Crippen LogP) is 1.06. The molecule has 0 aromatic heterocycles. The van der Waals surface area contributed by atoms with Crippen LogP contribution in [0.25, 0.3) is 0 Å². The van der Waals surface area contributed by atoms with Crippen LogP contribution in [0, 0.1) is 5.82 Å². The van der Waals surface area contributed by atoms with Crippen LogP contribution >= 0.6 is 0 Å². The first kappa shape index (κ1) is 11.9. The molecule has 17 heavy (non-hydrogen) atoms. The number of hydrogen-bond acceptors (Lipinski definition) is 3. The van der Waals surface area contributed by atoms with Crippen LogP contribution in [0.1, 0.15) is 23.2 Å². The molecule has 0 unspecified atom stereocenters. The van der Waals surface area contributed by atoms with Gasteiger partial charge in [-0.2, -0.15) is 0 Å². The van der Waals surface area contributed by atoms with Crippen LogP contribution in [0.15, 0.2) is 18.2 Å². The second-order valence-electron chi connectivity index (χ2n) is 4.07. The van der Waals surface area contributed by atoms with Gasteiger partial charge in [0.15, 0.2) is 0 Å². The van der Waals surface area contributed by atoms with Gasteiger partial charge in [0, 0.05) is 6.07 Å². The summed E-state index contributed by atoms with van der Waals surface area (Å²) in [6.07, 6.45) is 1.69. The van der Waals surface area contributed by atoms with Gasteiger partial charge >= 0.3 is 0 Å². The van der Waals surface area contributed by atoms with E-state index in [1.54, 1.807) is 0 Å². The number of hydrogen-bond donors (Lipinski definition) is 2. The first-order valence-electron chi connectivity index (χ1n) is 5.63. The van der Waals surface area contributed by atoms with E-state index in [0.29, 0.717) is 0 Å². The number of rotatable bonds is 3. The van der Waals surface area contributed by atoms with E-state index in [4.69, 9.17) is 10.5 Å². The molecule has 0 spiro atoms. The van der Waals surface area contributed by atoms with Crippen molar-refractivity contribution in [2.24, 2.45) is 5.73 Å². The lowest BCUT2D eigenvalue weighted by atomic mass is 10.1. The highest BCUT2D eigenvalue weighted by Gasteiger charge is 2.18. The molecule has 0 saturated carbocycles. The molecular formula is C12H15FN2O2. The molecule has 1 aliphatic heterocycles. The number of ether oxygens (including phenoxy) is 1. The average molecular weight is 238 g/mol. The fourth-order valence-electron chi connectivity index (χ4n) is 1.89. The first-order chi connectivity index (χ1) is 8.16. The Morgan fingerprint density at radius 3 is 2.76 bits per heavy atom. The molecule has 0 radical (unpaired) electrons. The number of amides is 1. The molecule has 1 aromatic rings. The van der Waals surface area contributed by atoms with Crippen molar-refractivity contribution in [2.45, 2.75) is 18.9 Å². The molecular weight excluding hydrogens is 223 g/mol. The number of carbonyl (C=O) groups excluding carboxylic acids is 1. The summed E-state index contributed by atoms with van der Waals surface area (Å²) in [4.78, 5) is 11.2. The average Bonchev–Trinajstić information content (AvgIpc) is 2.30. The van der Waals surface area contributed by atoms with Crippen LogP contribution in [-0.4, -0.2) is 25.1 Å². The monoisotopic (exact) mass is 238 g/mol. The normalized spacial score (nSPS) is 16.8. The van der Waals surface area contributed by atoms with Crippen molar-refractivity contribution in [3.05, 3.63) is 29.6 Å². The SMILES string of the molecule is NC(=O)c1ccc(F)cc1OC1CCNCC1. The Hall–Kier alpha value is -1.62. The summed E-state index contributed by atoms with van der Waals surface area (Å²) in [5, 5.41) is 3.20. The van der Waals surface area contributed by atoms with Gasteiger partial charge < -0.3 is 15.8 Å². The summed E-state index contributed by atoms with van der Waals surface area (Å²) in [6.45, 7) is 1.73. The third-order valence-corrected chi connectivity index (χ3v) is 2.79. The van der Waals surface area contributed by atoms with Crippen molar-refractivity contribution >= 4 is 5.91 Å². The number of carbonyl (C=O) groups is 1. The summed E-state index contributed by atoms with van der Waals surface area (Å²) in [5.74, 6) is -0.794. The summed E-state index contributed by atoms with van der Waals surface area (Å²) in [7, 11) is 0. The topological polar surface area (TPSA) is 64.4 Å². The quantitative estimate of drug-likeness (QED) is 0.827. The molecule has 0 bridgehead atoms. The lowest BCUT2D eigenvalue weighted by Gasteiger charge is -2.24. The van der Waals surface area contributed by atoms with Gasteiger partial charge in [-0.25, -0.2) is 4.39 Å². The summed E-state index contributed by atoms with van der Waals surface area (Å²) in [5.41, 5.74) is 5.44. The molecule has 5 heteroatoms. The lowest BCUT2D eigenvalue weighted by molar-refractivity contribution is 0.0989. The Labute approximate surface area is 98.9 Å². The van der Waals surface area contributed by atoms with E-state index in [0.717, 1.165) is 25.9 Å². The highest BCUT2D eigenvalue weighted by molar-refractivity contribution is 5.95. The number of piperidine rings is 1. The second kappa shape index (κ2) is 5.14. The smallest absolute Gasteiger partial charge is 0.252 e. The molecule has 92 valence electrons. The highest BCUT2D eigenvalue weighted by atomic mass is 19.1. The van der Waals surface area contributed by atoms with Crippen molar-refractivity contribution in [2.75, 3.05) is 13.1 Å². The molecule has 0 aliphatic carbocycles. The van der Waals surface area contributed by atoms with Crippen molar-refractivity contribution in [3.8, 4) is 5.75 Å². The predicted molar refractivity (Wildman–Crippen MR) is 61.4 cm³/mol. The van der Waals surface area contributed by atoms with Crippen molar-refractivity contribution in [1.29, 1.82) is 0 Å². The number of halogens is 1. The van der Waals surface area contributed by atoms with Crippen LogP contribution in [-0.2, 0) is 0 Å². The molecule has 1 aromatic carbocycles. The maximum Gasteiger partial charge on any atom is 0.252 e. The minimum absolute atomic E-state index is 0.0103. The molecule has 1 heterocycles. The number of nitrogens with two attached hydrogens (primary N) is 1. The third kappa shape index (κ3) is 2.94. The van der Waals surface area contributed by atoms with Gasteiger partial charge in [-0.05, 0) is 38.1 Å². The van der Waals surface area contributed by atoms with Gasteiger partial charge in [0.25, 0.3) is 5.91 Å². The van der Waals surface area contributed by atoms with E-state index >= 15 is 0 Å². The number of primary amides is 1. The van der Waals surface area contributed by atoms with Gasteiger partial charge in [-0.3, -0.25) is 4.79 Å². The number of nitrogens with one attached hydrogen (secondary N) is 1. The molecule has 1 fully saturated rings. The van der Waals surface area contributed by atoms with Gasteiger partial charge in [0.2, 0.25) is 0 Å². The number of benzene rings is 1. The van der Waals surface area contributed by atoms with Crippen LogP contribution in [0.3, 0.4) is 0 Å². The fraction of sp³-hybridized carbons (Fsp3) is 0.417. The molecule has 1 amide bonds. The molecule has 3 N–H and O–H groups in total. The van der Waals surface area contributed by atoms with Crippen LogP contribution in [0.2, 0.25) is 0 Å². The molecule has 1 aliphatic rings. The molecule has 2 rings (SSSR count). The maximum atomic E-state index is 13.1. The largest absolute Gasteiger partial charge is 0.489 e. The Balaban J connectivity index is 2.17. The molecule has 0 atom stereocenters. The van der Waals surface area contributed by atoms with Crippen molar-refractivity contribution in [1.82, 2.24) is 5.32 Å². The fourth-order valence-corrected chi connectivity index (χ4v) is 1.89. The highest BCUT2D eigenvalue weighted by Crippen LogP contribution is 2.22. The Morgan fingerprint density at radius 2 is 2.12 bits per heavy atom. The zero-order valence-electron chi connectivity index (χ0n) is 9.41. The Morgan fingerprint density at radius 1 is 1.41 bits per heavy atom. The summed E-state index contributed by atoms with van der Waals surface area (Å²) >= 11 is 0. The zero-order valence-corrected chi connectivity index (χ0v) is 9.41. The minimum atomic E-state index is -0.603. The van der Waals surface area contributed by atoms with Crippen molar-refractivity contribution < 1.29 is 13.9 Å². The van der Waals surface area contributed by atoms with E-state index in [9.17, 15) is 9.18 Å². The van der Waals surface area contributed by atoms with Crippen LogP contribution in [0.5, 0.6) is 5.75 Å². The summed E-state index contributed by atoms with van der Waals surface area (Å²) in [6, 6.07) is 3.77. The third-order valence-electron chi connectivity index (χ3n) is 2.79. The Bertz CT molecular complexity index is 417. The van der Waals surface area contributed by atoms with E-state index in [-0.39, 0.29) is 17.4 Å².